The highest BCUT2D eigenvalue weighted by Gasteiger charge is 2.09. The molecule has 0 N–H and O–H groups in total. The number of Topliss-reactive ketones (excluding diaryl/α,β-unsaturated/α-hetero) is 2. The van der Waals surface area contributed by atoms with Gasteiger partial charge in [0.15, 0.2) is 0 Å². The number of carbonyl (C=O) groups is 2. The predicted octanol–water partition coefficient (Wildman–Crippen LogP) is 0.369. The van der Waals surface area contributed by atoms with E-state index >= 15 is 0 Å². The highest BCUT2D eigenvalue weighted by atomic mass is 16.1. The molecule has 0 unspecified atom stereocenters. The van der Waals surface area contributed by atoms with Crippen molar-refractivity contribution in [2.75, 3.05) is 0 Å². The molecule has 0 radical (unpaired) electrons. The first-order chi connectivity index (χ1) is 3.13. The van der Waals surface area contributed by atoms with Crippen molar-refractivity contribution in [2.45, 2.75) is 13.8 Å². The minimum Gasteiger partial charge on any atom is -0.243 e. The number of carbonyl (C=O) groups excluding carboxylic acids is 2. The lowest BCUT2D eigenvalue weighted by molar-refractivity contribution is -0.119. The van der Waals surface area contributed by atoms with Gasteiger partial charge in [-0.15, -0.1) is 0 Å². The summed E-state index contributed by atoms with van der Waals surface area (Å²) in [5, 5.41) is 0. The molecule has 0 saturated carbocycles. The maximum Gasteiger partial charge on any atom is 0.312 e. The number of hydrogen-bond donors (Lipinski definition) is 0. The molecule has 0 aliphatic rings. The first kappa shape index (κ1) is 6.21. The molecule has 0 aromatic heterocycles. The summed E-state index contributed by atoms with van der Waals surface area (Å²) < 4.78 is 0. The molecule has 0 saturated heterocycles. The van der Waals surface area contributed by atoms with Crippen LogP contribution in [0.5, 0.6) is 0 Å². The summed E-state index contributed by atoms with van der Waals surface area (Å²) in [6.07, 6.45) is 1.06. The van der Waals surface area contributed by atoms with Crippen LogP contribution >= 0.6 is 0 Å². The van der Waals surface area contributed by atoms with E-state index in [1.807, 2.05) is 0 Å². The normalized spacial score (nSPS) is 7.71. The summed E-state index contributed by atoms with van der Waals surface area (Å²) >= 11 is 0. The Bertz CT molecular complexity index is 82.3. The molecule has 0 atom stereocenters. The topological polar surface area (TPSA) is 34.1 Å². The zero-order chi connectivity index (χ0) is 5.86. The van der Waals surface area contributed by atoms with Crippen molar-refractivity contribution in [3.63, 3.8) is 0 Å². The molecular weight excluding hydrogens is 92.1 g/mol. The van der Waals surface area contributed by atoms with Crippen molar-refractivity contribution in [3.8, 4) is 0 Å². The summed E-state index contributed by atoms with van der Waals surface area (Å²) in [7, 11) is 0. The molecule has 0 amide bonds. The second kappa shape index (κ2) is 2.39. The van der Waals surface area contributed by atoms with Gasteiger partial charge >= 0.3 is 11.6 Å². The molecule has 2 nitrogen and oxygen atoms in total. The summed E-state index contributed by atoms with van der Waals surface area (Å²) in [6.45, 7) is 2.70. The average molecular weight is 99.1 g/mol. The van der Waals surface area contributed by atoms with Crippen LogP contribution in [0, 0.1) is 6.42 Å². The van der Waals surface area contributed by atoms with E-state index < -0.39 is 0 Å². The van der Waals surface area contributed by atoms with E-state index in [1.54, 1.807) is 0 Å². The minimum absolute atomic E-state index is 0.187. The maximum atomic E-state index is 9.98. The van der Waals surface area contributed by atoms with Crippen LogP contribution in [0.15, 0.2) is 0 Å². The lowest BCUT2D eigenvalue weighted by Gasteiger charge is -1.67. The van der Waals surface area contributed by atoms with Crippen molar-refractivity contribution in [2.24, 2.45) is 0 Å². The van der Waals surface area contributed by atoms with Crippen LogP contribution in [0.25, 0.3) is 0 Å². The highest BCUT2D eigenvalue weighted by molar-refractivity contribution is 6.08. The predicted molar refractivity (Wildman–Crippen MR) is 25.7 cm³/mol. The minimum atomic E-state index is -0.187. The Balaban J connectivity index is 3.32. The van der Waals surface area contributed by atoms with Crippen LogP contribution in [-0.4, -0.2) is 11.6 Å². The van der Waals surface area contributed by atoms with Gasteiger partial charge in [0.25, 0.3) is 0 Å². The first-order valence-corrected chi connectivity index (χ1v) is 1.99. The van der Waals surface area contributed by atoms with E-state index in [2.05, 4.69) is 0 Å². The number of rotatable bonds is 2. The highest BCUT2D eigenvalue weighted by Crippen LogP contribution is 1.78. The first-order valence-electron chi connectivity index (χ1n) is 1.99. The Morgan fingerprint density at radius 2 is 1.43 bits per heavy atom. The fourth-order valence-electron chi connectivity index (χ4n) is 0.286. The molecule has 0 fully saturated rings. The zero-order valence-electron chi connectivity index (χ0n) is 4.39. The molecule has 0 heterocycles. The van der Waals surface area contributed by atoms with E-state index in [4.69, 9.17) is 0 Å². The van der Waals surface area contributed by atoms with Gasteiger partial charge in [-0.3, -0.25) is 0 Å². The van der Waals surface area contributed by atoms with E-state index in [9.17, 15) is 9.59 Å². The number of ketones is 2. The third kappa shape index (κ3) is 5.21. The monoisotopic (exact) mass is 99.0 g/mol. The van der Waals surface area contributed by atoms with E-state index in [-0.39, 0.29) is 11.6 Å². The van der Waals surface area contributed by atoms with Gasteiger partial charge in [0.1, 0.15) is 0 Å². The largest absolute Gasteiger partial charge is 0.312 e. The Kier molecular flexibility index (Phi) is 2.12. The van der Waals surface area contributed by atoms with Crippen LogP contribution in [0.4, 0.5) is 0 Å². The number of hydrogen-bond acceptors (Lipinski definition) is 2. The van der Waals surface area contributed by atoms with Crippen molar-refractivity contribution < 1.29 is 9.59 Å². The molecule has 0 spiro atoms. The Morgan fingerprint density at radius 3 is 1.43 bits per heavy atom. The standard InChI is InChI=1S/C5H7O2/c1-4(6)3-5(2)7/h3H,1-2H3/q+1. The lowest BCUT2D eigenvalue weighted by atomic mass is 10.2. The van der Waals surface area contributed by atoms with Crippen molar-refractivity contribution >= 4 is 11.6 Å². The molecule has 38 valence electrons. The fraction of sp³-hybridized carbons (Fsp3) is 0.400. The Hall–Kier alpha value is -0.790. The smallest absolute Gasteiger partial charge is 0.243 e. The van der Waals surface area contributed by atoms with Crippen LogP contribution in [0.3, 0.4) is 0 Å². The van der Waals surface area contributed by atoms with Gasteiger partial charge in [0.05, 0.1) is 0 Å². The Labute approximate surface area is 42.5 Å². The molecule has 0 aliphatic heterocycles. The quantitative estimate of drug-likeness (QED) is 0.370. The zero-order valence-corrected chi connectivity index (χ0v) is 4.39. The summed E-state index contributed by atoms with van der Waals surface area (Å²) in [4.78, 5) is 20.0. The summed E-state index contributed by atoms with van der Waals surface area (Å²) in [6, 6.07) is 0. The van der Waals surface area contributed by atoms with Crippen molar-refractivity contribution in [1.29, 1.82) is 0 Å². The van der Waals surface area contributed by atoms with Gasteiger partial charge in [0, 0.05) is 13.8 Å². The van der Waals surface area contributed by atoms with Gasteiger partial charge in [-0.1, -0.05) is 0 Å². The fourth-order valence-corrected chi connectivity index (χ4v) is 0.286. The SMILES string of the molecule is CC(=O)[CH+]C(C)=O. The van der Waals surface area contributed by atoms with E-state index in [0.29, 0.717) is 0 Å². The van der Waals surface area contributed by atoms with Crippen LogP contribution in [-0.2, 0) is 9.59 Å². The molecule has 0 rings (SSSR count). The van der Waals surface area contributed by atoms with Crippen LogP contribution < -0.4 is 0 Å². The van der Waals surface area contributed by atoms with E-state index in [0.717, 1.165) is 6.42 Å². The van der Waals surface area contributed by atoms with Crippen molar-refractivity contribution in [3.05, 3.63) is 6.42 Å². The second-order valence-corrected chi connectivity index (χ2v) is 1.37. The van der Waals surface area contributed by atoms with Gasteiger partial charge < -0.3 is 0 Å². The second-order valence-electron chi connectivity index (χ2n) is 1.37. The van der Waals surface area contributed by atoms with Gasteiger partial charge in [-0.25, -0.2) is 9.59 Å². The molecule has 0 aromatic carbocycles. The molecule has 7 heavy (non-hydrogen) atoms. The van der Waals surface area contributed by atoms with Gasteiger partial charge in [-0.05, 0) is 0 Å². The lowest BCUT2D eigenvalue weighted by Crippen LogP contribution is -1.99. The molecule has 0 bridgehead atoms. The summed E-state index contributed by atoms with van der Waals surface area (Å²) in [5.74, 6) is -0.375. The molecule has 0 aromatic rings. The molecular formula is C5H7O2+. The van der Waals surface area contributed by atoms with Crippen molar-refractivity contribution in [1.82, 2.24) is 0 Å². The molecule has 2 heteroatoms. The maximum absolute atomic E-state index is 9.98. The van der Waals surface area contributed by atoms with Gasteiger partial charge in [0.2, 0.25) is 6.42 Å². The van der Waals surface area contributed by atoms with Crippen LogP contribution in [0.2, 0.25) is 0 Å². The van der Waals surface area contributed by atoms with Gasteiger partial charge in [-0.2, -0.15) is 0 Å². The van der Waals surface area contributed by atoms with Crippen LogP contribution in [0.1, 0.15) is 13.8 Å². The summed E-state index contributed by atoms with van der Waals surface area (Å²) in [5.41, 5.74) is 0. The van der Waals surface area contributed by atoms with E-state index in [1.165, 1.54) is 13.8 Å². The third-order valence-corrected chi connectivity index (χ3v) is 0.407. The third-order valence-electron chi connectivity index (χ3n) is 0.407. The average Bonchev–Trinajstić information content (AvgIpc) is 1.27. The Morgan fingerprint density at radius 1 is 1.14 bits per heavy atom. The molecule has 0 aliphatic carbocycles.